The molecule has 3 aliphatic carbocycles. The van der Waals surface area contributed by atoms with Crippen LogP contribution in [0.1, 0.15) is 90.5 Å². The van der Waals surface area contributed by atoms with Crippen molar-refractivity contribution in [1.82, 2.24) is 15.5 Å². The summed E-state index contributed by atoms with van der Waals surface area (Å²) in [7, 11) is 0. The number of likely N-dealkylation sites (tertiary alicyclic amines) is 1. The van der Waals surface area contributed by atoms with Crippen molar-refractivity contribution in [3.05, 3.63) is 34.9 Å². The van der Waals surface area contributed by atoms with E-state index in [2.05, 4.69) is 15.8 Å². The highest BCUT2D eigenvalue weighted by Crippen LogP contribution is 2.49. The normalized spacial score (nSPS) is 29.3. The molecule has 11 nitrogen and oxygen atoms in total. The van der Waals surface area contributed by atoms with Gasteiger partial charge in [-0.25, -0.2) is 0 Å². The van der Waals surface area contributed by atoms with Crippen molar-refractivity contribution in [2.45, 2.75) is 109 Å². The molecule has 3 unspecified atom stereocenters. The first-order valence-corrected chi connectivity index (χ1v) is 17.3. The van der Waals surface area contributed by atoms with Gasteiger partial charge in [-0.05, 0) is 66.9 Å². The molecule has 2 aliphatic heterocycles. The quantitative estimate of drug-likeness (QED) is 0.306. The lowest BCUT2D eigenvalue weighted by atomic mass is 9.84. The van der Waals surface area contributed by atoms with Crippen LogP contribution >= 0.6 is 11.6 Å². The molecule has 1 spiro atoms. The van der Waals surface area contributed by atoms with Crippen LogP contribution in [-0.2, 0) is 28.8 Å². The minimum absolute atomic E-state index is 0.0450. The second kappa shape index (κ2) is 12.9. The Hall–Kier alpha value is -3.47. The Balaban J connectivity index is 1.24. The molecule has 254 valence electrons. The predicted molar refractivity (Wildman–Crippen MR) is 175 cm³/mol. The number of ketones is 1. The highest BCUT2D eigenvalue weighted by molar-refractivity contribution is 6.37. The lowest BCUT2D eigenvalue weighted by molar-refractivity contribution is -0.145. The van der Waals surface area contributed by atoms with Crippen LogP contribution in [0.5, 0.6) is 0 Å². The SMILES string of the molecule is CC(C)(C)[C@H](NC(=O)CC1CC2CCC1C2)C(=O)N1C[C@@]2(CC(c3cccc(Cl)c3)=NO2)C[C@H]1C(=O)N[C@@H](CC1CC1)C(=O)C(N)=O. The Kier molecular flexibility index (Phi) is 9.15. The van der Waals surface area contributed by atoms with Crippen LogP contribution < -0.4 is 16.4 Å². The zero-order valence-electron chi connectivity index (χ0n) is 27.4. The first-order chi connectivity index (χ1) is 22.2. The van der Waals surface area contributed by atoms with Crippen molar-refractivity contribution < 1.29 is 28.8 Å². The summed E-state index contributed by atoms with van der Waals surface area (Å²) in [6.45, 7) is 5.71. The topological polar surface area (TPSA) is 160 Å². The van der Waals surface area contributed by atoms with E-state index < -0.39 is 52.6 Å². The van der Waals surface area contributed by atoms with Crippen molar-refractivity contribution >= 4 is 46.7 Å². The molecule has 6 rings (SSSR count). The number of Topliss-reactive ketones (excluding diaryl/α,β-unsaturated/α-hetero) is 1. The van der Waals surface area contributed by atoms with Crippen LogP contribution in [-0.4, -0.2) is 70.3 Å². The van der Waals surface area contributed by atoms with E-state index in [-0.39, 0.29) is 24.8 Å². The van der Waals surface area contributed by atoms with E-state index in [4.69, 9.17) is 22.2 Å². The van der Waals surface area contributed by atoms with Gasteiger partial charge in [0.15, 0.2) is 5.60 Å². The number of primary amides is 1. The molecule has 2 bridgehead atoms. The van der Waals surface area contributed by atoms with Crippen molar-refractivity contribution in [3.63, 3.8) is 0 Å². The fourth-order valence-electron chi connectivity index (χ4n) is 8.21. The number of halogens is 1. The van der Waals surface area contributed by atoms with Gasteiger partial charge in [-0.1, -0.05) is 68.9 Å². The fraction of sp³-hybridized carbons (Fsp3) is 0.657. The molecule has 2 heterocycles. The lowest BCUT2D eigenvalue weighted by Crippen LogP contribution is -2.59. The van der Waals surface area contributed by atoms with Gasteiger partial charge in [0.1, 0.15) is 12.1 Å². The van der Waals surface area contributed by atoms with Crippen molar-refractivity contribution in [2.75, 3.05) is 6.54 Å². The first kappa shape index (κ1) is 33.4. The summed E-state index contributed by atoms with van der Waals surface area (Å²) in [5.74, 6) is -1.29. The molecule has 4 amide bonds. The van der Waals surface area contributed by atoms with E-state index in [1.54, 1.807) is 12.1 Å². The number of benzene rings is 1. The van der Waals surface area contributed by atoms with Crippen LogP contribution in [0, 0.1) is 29.1 Å². The van der Waals surface area contributed by atoms with Crippen LogP contribution in [0.15, 0.2) is 29.4 Å². The largest absolute Gasteiger partial charge is 0.387 e. The molecule has 1 aromatic carbocycles. The van der Waals surface area contributed by atoms with Crippen LogP contribution in [0.2, 0.25) is 5.02 Å². The summed E-state index contributed by atoms with van der Waals surface area (Å²) in [5.41, 5.74) is 5.07. The number of hydrogen-bond donors (Lipinski definition) is 3. The smallest absolute Gasteiger partial charge is 0.287 e. The third-order valence-electron chi connectivity index (χ3n) is 10.9. The maximum Gasteiger partial charge on any atom is 0.287 e. The number of nitrogens with one attached hydrogen (secondary N) is 2. The third kappa shape index (κ3) is 7.34. The van der Waals surface area contributed by atoms with E-state index >= 15 is 0 Å². The predicted octanol–water partition coefficient (Wildman–Crippen LogP) is 3.50. The Morgan fingerprint density at radius 1 is 1.11 bits per heavy atom. The zero-order chi connectivity index (χ0) is 33.7. The fourth-order valence-corrected chi connectivity index (χ4v) is 8.40. The second-order valence-electron chi connectivity index (χ2n) is 15.7. The van der Waals surface area contributed by atoms with Crippen molar-refractivity contribution in [2.24, 2.45) is 40.0 Å². The summed E-state index contributed by atoms with van der Waals surface area (Å²) in [5, 5.41) is 10.7. The van der Waals surface area contributed by atoms with Crippen LogP contribution in [0.4, 0.5) is 0 Å². The highest BCUT2D eigenvalue weighted by Gasteiger charge is 2.56. The number of amides is 4. The Morgan fingerprint density at radius 2 is 1.87 bits per heavy atom. The monoisotopic (exact) mass is 667 g/mol. The van der Waals surface area contributed by atoms with Gasteiger partial charge in [0, 0.05) is 29.8 Å². The molecular formula is C35H46ClN5O6. The maximum absolute atomic E-state index is 14.5. The summed E-state index contributed by atoms with van der Waals surface area (Å²) in [6, 6.07) is 4.20. The van der Waals surface area contributed by atoms with E-state index in [1.165, 1.54) is 17.7 Å². The number of hydrogen-bond acceptors (Lipinski definition) is 7. The van der Waals surface area contributed by atoms with Crippen LogP contribution in [0.3, 0.4) is 0 Å². The minimum atomic E-state index is -1.11. The third-order valence-corrected chi connectivity index (χ3v) is 11.1. The number of rotatable bonds is 11. The molecule has 4 N–H and O–H groups in total. The standard InChI is InChI=1S/C35H46ClN5O6/c1-34(2,3)30(39-28(42)15-23-12-20-9-10-21(23)11-20)33(46)41-18-35(16-26(40-47-35)22-5-4-6-24(36)14-22)17-27(41)32(45)38-25(13-19-7-8-19)29(43)31(37)44/h4-6,14,19-21,23,25,27,30H,7-13,15-18H2,1-3H3,(H2,37,44)(H,38,45)(H,39,42)/t20?,21?,23?,25-,27-,30+,35+/m0/s1. The molecule has 12 heteroatoms. The van der Waals surface area contributed by atoms with Gasteiger partial charge in [-0.3, -0.25) is 24.0 Å². The van der Waals surface area contributed by atoms with E-state index in [0.717, 1.165) is 31.2 Å². The Morgan fingerprint density at radius 3 is 2.49 bits per heavy atom. The van der Waals surface area contributed by atoms with Gasteiger partial charge in [0.05, 0.1) is 18.3 Å². The van der Waals surface area contributed by atoms with Gasteiger partial charge in [0.25, 0.3) is 5.91 Å². The number of nitrogens with zero attached hydrogens (tertiary/aromatic N) is 2. The first-order valence-electron chi connectivity index (χ1n) is 17.0. The molecule has 0 radical (unpaired) electrons. The molecule has 5 aliphatic rings. The number of nitrogens with two attached hydrogens (primary N) is 1. The molecule has 4 fully saturated rings. The number of fused-ring (bicyclic) bond motifs is 2. The molecule has 3 saturated carbocycles. The molecule has 1 aromatic rings. The average Bonchev–Trinajstić information content (AvgIpc) is 3.34. The highest BCUT2D eigenvalue weighted by atomic mass is 35.5. The average molecular weight is 668 g/mol. The Bertz CT molecular complexity index is 1490. The number of oxime groups is 1. The van der Waals surface area contributed by atoms with Crippen molar-refractivity contribution in [3.8, 4) is 0 Å². The summed E-state index contributed by atoms with van der Waals surface area (Å²) >= 11 is 6.23. The van der Waals surface area contributed by atoms with Gasteiger partial charge >= 0.3 is 0 Å². The summed E-state index contributed by atoms with van der Waals surface area (Å²) < 4.78 is 0. The molecule has 7 atom stereocenters. The van der Waals surface area contributed by atoms with Gasteiger partial charge in [-0.2, -0.15) is 0 Å². The van der Waals surface area contributed by atoms with E-state index in [9.17, 15) is 24.0 Å². The van der Waals surface area contributed by atoms with Gasteiger partial charge < -0.3 is 26.1 Å². The van der Waals surface area contributed by atoms with E-state index in [1.807, 2.05) is 32.9 Å². The van der Waals surface area contributed by atoms with Crippen molar-refractivity contribution in [1.29, 1.82) is 0 Å². The molecule has 47 heavy (non-hydrogen) atoms. The Labute approximate surface area is 280 Å². The maximum atomic E-state index is 14.5. The molecule has 0 aromatic heterocycles. The second-order valence-corrected chi connectivity index (χ2v) is 16.1. The van der Waals surface area contributed by atoms with E-state index in [0.29, 0.717) is 47.8 Å². The summed E-state index contributed by atoms with van der Waals surface area (Å²) in [4.78, 5) is 74.1. The zero-order valence-corrected chi connectivity index (χ0v) is 28.2. The minimum Gasteiger partial charge on any atom is -0.387 e. The molecule has 1 saturated heterocycles. The summed E-state index contributed by atoms with van der Waals surface area (Å²) in [6.07, 6.45) is 7.57. The van der Waals surface area contributed by atoms with Crippen LogP contribution in [0.25, 0.3) is 0 Å². The van der Waals surface area contributed by atoms with Gasteiger partial charge in [-0.15, -0.1) is 0 Å². The van der Waals surface area contributed by atoms with Gasteiger partial charge in [0.2, 0.25) is 23.5 Å². The lowest BCUT2D eigenvalue weighted by Gasteiger charge is -2.36. The molecular weight excluding hydrogens is 622 g/mol. The number of carbonyl (C=O) groups excluding carboxylic acids is 5. The number of carbonyl (C=O) groups is 5.